The molecule has 29 heavy (non-hydrogen) atoms. The van der Waals surface area contributed by atoms with Gasteiger partial charge in [0.2, 0.25) is 0 Å². The van der Waals surface area contributed by atoms with Crippen molar-refractivity contribution >= 4 is 23.0 Å². The van der Waals surface area contributed by atoms with Gasteiger partial charge in [0.15, 0.2) is 0 Å². The number of non-ortho nitro benzene ring substituents is 1. The van der Waals surface area contributed by atoms with Crippen molar-refractivity contribution in [1.29, 1.82) is 0 Å². The van der Waals surface area contributed by atoms with E-state index in [2.05, 4.69) is 10.4 Å². The molecule has 150 valence electrons. The van der Waals surface area contributed by atoms with E-state index in [9.17, 15) is 14.9 Å². The number of ether oxygens (including phenoxy) is 2. The molecular weight excluding hydrogens is 400 g/mol. The van der Waals surface area contributed by atoms with Crippen molar-refractivity contribution in [3.05, 3.63) is 79.7 Å². The Morgan fingerprint density at radius 2 is 1.90 bits per heavy atom. The molecule has 0 spiro atoms. The topological polar surface area (TPSA) is 109 Å². The first-order chi connectivity index (χ1) is 13.9. The van der Waals surface area contributed by atoms with Gasteiger partial charge in [-0.05, 0) is 24.3 Å². The summed E-state index contributed by atoms with van der Waals surface area (Å²) in [5, 5.41) is 17.9. The number of nitro groups is 1. The minimum atomic E-state index is -0.549. The van der Waals surface area contributed by atoms with Crippen LogP contribution in [-0.4, -0.2) is 28.9 Å². The number of hydrogen-bond donors (Lipinski definition) is 1. The molecule has 10 heteroatoms. The summed E-state index contributed by atoms with van der Waals surface area (Å²) in [6.07, 6.45) is 1.42. The number of aromatic nitrogens is 2. The number of anilines is 1. The summed E-state index contributed by atoms with van der Waals surface area (Å²) >= 11 is 6.22. The van der Waals surface area contributed by atoms with Crippen LogP contribution in [0.1, 0.15) is 5.56 Å². The quantitative estimate of drug-likeness (QED) is 0.464. The summed E-state index contributed by atoms with van der Waals surface area (Å²) in [5.41, 5.74) is 0.925. The Morgan fingerprint density at radius 1 is 1.17 bits per heavy atom. The van der Waals surface area contributed by atoms with Crippen molar-refractivity contribution in [3.8, 4) is 17.2 Å². The van der Waals surface area contributed by atoms with Gasteiger partial charge in [0.25, 0.3) is 11.2 Å². The zero-order chi connectivity index (χ0) is 21.0. The van der Waals surface area contributed by atoms with E-state index in [1.165, 1.54) is 30.5 Å². The van der Waals surface area contributed by atoms with Crippen LogP contribution in [-0.2, 0) is 6.54 Å². The van der Waals surface area contributed by atoms with E-state index >= 15 is 0 Å². The van der Waals surface area contributed by atoms with Crippen LogP contribution in [0.5, 0.6) is 11.5 Å². The number of nitro benzene ring substituents is 1. The number of hydrogen-bond acceptors (Lipinski definition) is 7. The fourth-order valence-electron chi connectivity index (χ4n) is 2.64. The third kappa shape index (κ3) is 4.30. The second kappa shape index (κ2) is 8.61. The predicted molar refractivity (Wildman–Crippen MR) is 108 cm³/mol. The van der Waals surface area contributed by atoms with Gasteiger partial charge < -0.3 is 14.8 Å². The van der Waals surface area contributed by atoms with E-state index < -0.39 is 10.5 Å². The Balaban J connectivity index is 1.83. The van der Waals surface area contributed by atoms with Crippen LogP contribution in [0.3, 0.4) is 0 Å². The highest BCUT2D eigenvalue weighted by Crippen LogP contribution is 2.26. The molecule has 0 saturated carbocycles. The molecule has 0 fully saturated rings. The fourth-order valence-corrected chi connectivity index (χ4v) is 2.84. The molecule has 1 heterocycles. The maximum atomic E-state index is 12.6. The lowest BCUT2D eigenvalue weighted by Crippen LogP contribution is -2.22. The van der Waals surface area contributed by atoms with Crippen molar-refractivity contribution in [2.45, 2.75) is 6.54 Å². The Bertz CT molecular complexity index is 1100. The normalized spacial score (nSPS) is 10.4. The highest BCUT2D eigenvalue weighted by molar-refractivity contribution is 6.32. The first-order valence-electron chi connectivity index (χ1n) is 8.42. The third-order valence-corrected chi connectivity index (χ3v) is 4.55. The summed E-state index contributed by atoms with van der Waals surface area (Å²) < 4.78 is 11.6. The largest absolute Gasteiger partial charge is 0.497 e. The summed E-state index contributed by atoms with van der Waals surface area (Å²) in [7, 11) is 3.12. The van der Waals surface area contributed by atoms with Crippen LogP contribution in [0, 0.1) is 10.1 Å². The first-order valence-corrected chi connectivity index (χ1v) is 8.80. The maximum Gasteiger partial charge on any atom is 0.292 e. The molecule has 0 bridgehead atoms. The minimum Gasteiger partial charge on any atom is -0.497 e. The number of benzene rings is 2. The molecule has 0 aliphatic carbocycles. The van der Waals surface area contributed by atoms with Crippen LogP contribution >= 0.6 is 11.6 Å². The number of nitrogens with zero attached hydrogens (tertiary/aromatic N) is 3. The smallest absolute Gasteiger partial charge is 0.292 e. The summed E-state index contributed by atoms with van der Waals surface area (Å²) in [5.74, 6) is 1.29. The summed E-state index contributed by atoms with van der Waals surface area (Å²) in [4.78, 5) is 22.8. The predicted octanol–water partition coefficient (Wildman–Crippen LogP) is 3.42. The van der Waals surface area contributed by atoms with Crippen LogP contribution in [0.25, 0.3) is 5.69 Å². The van der Waals surface area contributed by atoms with Crippen LogP contribution in [0.4, 0.5) is 11.4 Å². The standard InChI is InChI=1S/C19H17ClN4O5/c1-28-15-8-3-12(17(9-15)29-2)10-21-16-11-22-23(19(25)18(16)20)13-4-6-14(7-5-13)24(26)27/h3-9,11,21H,10H2,1-2H3. The average Bonchev–Trinajstić information content (AvgIpc) is 2.74. The Hall–Kier alpha value is -3.59. The Kier molecular flexibility index (Phi) is 5.99. The van der Waals surface area contributed by atoms with E-state index in [0.717, 1.165) is 10.2 Å². The molecular formula is C19H17ClN4O5. The molecule has 1 aromatic heterocycles. The third-order valence-electron chi connectivity index (χ3n) is 4.19. The Labute approximate surface area is 170 Å². The van der Waals surface area contributed by atoms with Gasteiger partial charge >= 0.3 is 0 Å². The lowest BCUT2D eigenvalue weighted by Gasteiger charge is -2.13. The molecule has 0 radical (unpaired) electrons. The molecule has 9 nitrogen and oxygen atoms in total. The van der Waals surface area contributed by atoms with E-state index in [-0.39, 0.29) is 10.7 Å². The molecule has 2 aromatic carbocycles. The van der Waals surface area contributed by atoms with E-state index in [1.807, 2.05) is 6.07 Å². The second-order valence-corrected chi connectivity index (χ2v) is 6.27. The lowest BCUT2D eigenvalue weighted by atomic mass is 10.2. The van der Waals surface area contributed by atoms with Crippen LogP contribution < -0.4 is 20.3 Å². The number of methoxy groups -OCH3 is 2. The van der Waals surface area contributed by atoms with Crippen molar-refractivity contribution in [2.75, 3.05) is 19.5 Å². The average molecular weight is 417 g/mol. The number of rotatable bonds is 7. The molecule has 3 rings (SSSR count). The van der Waals surface area contributed by atoms with E-state index in [4.69, 9.17) is 21.1 Å². The summed E-state index contributed by atoms with van der Waals surface area (Å²) in [6, 6.07) is 10.8. The zero-order valence-corrected chi connectivity index (χ0v) is 16.3. The van der Waals surface area contributed by atoms with Gasteiger partial charge in [-0.1, -0.05) is 11.6 Å². The minimum absolute atomic E-state index is 0.0502. The summed E-state index contributed by atoms with van der Waals surface area (Å²) in [6.45, 7) is 0.343. The highest BCUT2D eigenvalue weighted by Gasteiger charge is 2.13. The van der Waals surface area contributed by atoms with Crippen LogP contribution in [0.2, 0.25) is 5.02 Å². The monoisotopic (exact) mass is 416 g/mol. The molecule has 0 aliphatic heterocycles. The van der Waals surface area contributed by atoms with Gasteiger partial charge in [0.1, 0.15) is 16.5 Å². The molecule has 0 saturated heterocycles. The Morgan fingerprint density at radius 3 is 2.52 bits per heavy atom. The molecule has 0 atom stereocenters. The van der Waals surface area contributed by atoms with Gasteiger partial charge in [0.05, 0.1) is 36.7 Å². The molecule has 0 unspecified atom stereocenters. The van der Waals surface area contributed by atoms with Gasteiger partial charge in [-0.3, -0.25) is 14.9 Å². The van der Waals surface area contributed by atoms with Gasteiger partial charge in [-0.25, -0.2) is 0 Å². The first kappa shape index (κ1) is 20.2. The number of halogens is 1. The highest BCUT2D eigenvalue weighted by atomic mass is 35.5. The molecule has 1 N–H and O–H groups in total. The lowest BCUT2D eigenvalue weighted by molar-refractivity contribution is -0.384. The van der Waals surface area contributed by atoms with E-state index in [1.54, 1.807) is 26.4 Å². The van der Waals surface area contributed by atoms with Crippen molar-refractivity contribution in [1.82, 2.24) is 9.78 Å². The van der Waals surface area contributed by atoms with Crippen molar-refractivity contribution in [2.24, 2.45) is 0 Å². The number of nitrogens with one attached hydrogen (secondary N) is 1. The van der Waals surface area contributed by atoms with Gasteiger partial charge in [-0.2, -0.15) is 9.78 Å². The van der Waals surface area contributed by atoms with Crippen molar-refractivity contribution < 1.29 is 14.4 Å². The zero-order valence-electron chi connectivity index (χ0n) is 15.6. The molecule has 0 amide bonds. The molecule has 3 aromatic rings. The molecule has 0 aliphatic rings. The van der Waals surface area contributed by atoms with Gasteiger partial charge in [0, 0.05) is 30.3 Å². The van der Waals surface area contributed by atoms with Gasteiger partial charge in [-0.15, -0.1) is 0 Å². The van der Waals surface area contributed by atoms with Crippen molar-refractivity contribution in [3.63, 3.8) is 0 Å². The fraction of sp³-hybridized carbons (Fsp3) is 0.158. The second-order valence-electron chi connectivity index (χ2n) is 5.89. The maximum absolute atomic E-state index is 12.6. The van der Waals surface area contributed by atoms with E-state index in [0.29, 0.717) is 29.4 Å². The van der Waals surface area contributed by atoms with Crippen LogP contribution in [0.15, 0.2) is 53.5 Å². The SMILES string of the molecule is COc1ccc(CNc2cnn(-c3ccc([N+](=O)[O-])cc3)c(=O)c2Cl)c(OC)c1.